The second kappa shape index (κ2) is 5.57. The minimum absolute atomic E-state index is 0.415. The van der Waals surface area contributed by atoms with Gasteiger partial charge < -0.3 is 15.8 Å². The van der Waals surface area contributed by atoms with Gasteiger partial charge in [-0.25, -0.2) is 4.98 Å². The number of aromatic nitrogens is 2. The van der Waals surface area contributed by atoms with Crippen LogP contribution in [0.1, 0.15) is 11.1 Å². The third kappa shape index (κ3) is 2.22. The first kappa shape index (κ1) is 15.4. The quantitative estimate of drug-likeness (QED) is 0.644. The number of benzene rings is 1. The van der Waals surface area contributed by atoms with Crippen LogP contribution >= 0.6 is 15.9 Å². The molecule has 2 aliphatic heterocycles. The summed E-state index contributed by atoms with van der Waals surface area (Å²) in [4.78, 5) is 8.70. The molecule has 6 heteroatoms. The highest BCUT2D eigenvalue weighted by atomic mass is 79.9. The van der Waals surface area contributed by atoms with E-state index in [1.165, 1.54) is 0 Å². The molecule has 1 spiro atoms. The van der Waals surface area contributed by atoms with Gasteiger partial charge in [0.05, 0.1) is 11.2 Å². The molecule has 0 unspecified atom stereocenters. The summed E-state index contributed by atoms with van der Waals surface area (Å²) in [7, 11) is 0. The topological polar surface area (TPSA) is 73.1 Å². The van der Waals surface area contributed by atoms with Gasteiger partial charge in [0.25, 0.3) is 0 Å². The molecule has 128 valence electrons. The molecule has 26 heavy (non-hydrogen) atoms. The summed E-state index contributed by atoms with van der Waals surface area (Å²) >= 11 is 3.53. The molecule has 1 atom stereocenters. The number of pyridine rings is 2. The molecule has 3 N–H and O–H groups in total. The average molecular weight is 407 g/mol. The first-order valence-corrected chi connectivity index (χ1v) is 9.06. The van der Waals surface area contributed by atoms with Gasteiger partial charge in [-0.2, -0.15) is 0 Å². The Labute approximate surface area is 159 Å². The summed E-state index contributed by atoms with van der Waals surface area (Å²) in [6.07, 6.45) is 7.45. The molecule has 0 aliphatic carbocycles. The van der Waals surface area contributed by atoms with Crippen LogP contribution in [-0.2, 0) is 5.41 Å². The number of hydrogen-bond donors (Lipinski definition) is 2. The Morgan fingerprint density at radius 3 is 2.81 bits per heavy atom. The Morgan fingerprint density at radius 1 is 1.12 bits per heavy atom. The number of nitrogens with two attached hydrogens (primary N) is 1. The van der Waals surface area contributed by atoms with E-state index in [9.17, 15) is 0 Å². The second-order valence-electron chi connectivity index (χ2n) is 6.49. The lowest BCUT2D eigenvalue weighted by Crippen LogP contribution is -2.34. The third-order valence-electron chi connectivity index (χ3n) is 4.93. The number of hydrogen-bond acceptors (Lipinski definition) is 5. The van der Waals surface area contributed by atoms with Crippen molar-refractivity contribution >= 4 is 15.9 Å². The Kier molecular flexibility index (Phi) is 3.30. The molecular weight excluding hydrogens is 392 g/mol. The Morgan fingerprint density at radius 2 is 2.04 bits per heavy atom. The smallest absolute Gasteiger partial charge is 0.223 e. The number of nitrogens with one attached hydrogen (secondary N) is 1. The fourth-order valence-corrected chi connectivity index (χ4v) is 4.04. The summed E-state index contributed by atoms with van der Waals surface area (Å²) in [5.74, 6) is 2.07. The van der Waals surface area contributed by atoms with Gasteiger partial charge in [-0.1, -0.05) is 12.1 Å². The zero-order valence-corrected chi connectivity index (χ0v) is 15.3. The van der Waals surface area contributed by atoms with Crippen molar-refractivity contribution in [2.24, 2.45) is 5.73 Å². The van der Waals surface area contributed by atoms with Crippen LogP contribution in [0.4, 0.5) is 0 Å². The highest BCUT2D eigenvalue weighted by molar-refractivity contribution is 9.10. The van der Waals surface area contributed by atoms with Gasteiger partial charge in [0, 0.05) is 46.3 Å². The van der Waals surface area contributed by atoms with E-state index in [1.807, 2.05) is 30.5 Å². The third-order valence-corrected chi connectivity index (χ3v) is 5.37. The van der Waals surface area contributed by atoms with E-state index in [0.29, 0.717) is 18.2 Å². The van der Waals surface area contributed by atoms with E-state index in [4.69, 9.17) is 10.5 Å². The summed E-state index contributed by atoms with van der Waals surface area (Å²) in [5.41, 5.74) is 9.91. The molecule has 3 aromatic rings. The second-order valence-corrected chi connectivity index (χ2v) is 7.40. The van der Waals surface area contributed by atoms with Crippen molar-refractivity contribution in [2.75, 3.05) is 6.54 Å². The molecule has 0 amide bonds. The standard InChI is InChI=1S/C20H15BrN4O/c21-14-7-16-19(24-10-14)26-17-4-3-12(13-2-1-5-23-9-13)6-15(17)20(16)8-18(22)25-11-20/h1-10,25H,11,22H2/t20-/m0/s1. The van der Waals surface area contributed by atoms with E-state index in [0.717, 1.165) is 32.5 Å². The molecule has 5 nitrogen and oxygen atoms in total. The van der Waals surface area contributed by atoms with Crippen molar-refractivity contribution in [3.05, 3.63) is 82.5 Å². The molecule has 0 radical (unpaired) electrons. The molecule has 0 bridgehead atoms. The monoisotopic (exact) mass is 406 g/mol. The molecule has 0 saturated carbocycles. The zero-order valence-electron chi connectivity index (χ0n) is 13.7. The van der Waals surface area contributed by atoms with Gasteiger partial charge >= 0.3 is 0 Å². The van der Waals surface area contributed by atoms with E-state index in [1.54, 1.807) is 12.4 Å². The lowest BCUT2D eigenvalue weighted by molar-refractivity contribution is 0.407. The predicted octanol–water partition coefficient (Wildman–Crippen LogP) is 3.70. The number of ether oxygens (including phenoxy) is 1. The van der Waals surface area contributed by atoms with Crippen LogP contribution in [0.3, 0.4) is 0 Å². The van der Waals surface area contributed by atoms with Gasteiger partial charge in [-0.3, -0.25) is 4.98 Å². The molecule has 0 fully saturated rings. The minimum atomic E-state index is -0.415. The molecular formula is C20H15BrN4O. The Bertz CT molecular complexity index is 1050. The van der Waals surface area contributed by atoms with Crippen LogP contribution in [0.5, 0.6) is 11.6 Å². The van der Waals surface area contributed by atoms with Crippen molar-refractivity contribution in [3.8, 4) is 22.8 Å². The van der Waals surface area contributed by atoms with Crippen LogP contribution in [0.2, 0.25) is 0 Å². The number of fused-ring (bicyclic) bond motifs is 4. The highest BCUT2D eigenvalue weighted by Gasteiger charge is 2.44. The summed E-state index contributed by atoms with van der Waals surface area (Å²) in [5, 5.41) is 3.27. The number of rotatable bonds is 1. The average Bonchev–Trinajstić information content (AvgIpc) is 3.06. The molecule has 2 aromatic heterocycles. The van der Waals surface area contributed by atoms with E-state index in [2.05, 4.69) is 49.4 Å². The van der Waals surface area contributed by atoms with Gasteiger partial charge in [-0.15, -0.1) is 0 Å². The maximum Gasteiger partial charge on any atom is 0.223 e. The zero-order chi connectivity index (χ0) is 17.7. The number of halogens is 1. The van der Waals surface area contributed by atoms with E-state index < -0.39 is 5.41 Å². The predicted molar refractivity (Wildman–Crippen MR) is 103 cm³/mol. The van der Waals surface area contributed by atoms with Gasteiger partial charge in [0.15, 0.2) is 0 Å². The summed E-state index contributed by atoms with van der Waals surface area (Å²) in [6.45, 7) is 0.664. The van der Waals surface area contributed by atoms with Crippen LogP contribution in [0.15, 0.2) is 71.4 Å². The molecule has 5 rings (SSSR count). The fourth-order valence-electron chi connectivity index (χ4n) is 3.71. The van der Waals surface area contributed by atoms with E-state index >= 15 is 0 Å². The van der Waals surface area contributed by atoms with Crippen molar-refractivity contribution < 1.29 is 4.74 Å². The largest absolute Gasteiger partial charge is 0.438 e. The maximum atomic E-state index is 6.11. The first-order valence-electron chi connectivity index (χ1n) is 8.27. The number of nitrogens with zero attached hydrogens (tertiary/aromatic N) is 2. The van der Waals surface area contributed by atoms with Crippen LogP contribution < -0.4 is 15.8 Å². The summed E-state index contributed by atoms with van der Waals surface area (Å²) < 4.78 is 7.01. The normalized spacial score (nSPS) is 20.0. The molecule has 4 heterocycles. The van der Waals surface area contributed by atoms with Gasteiger partial charge in [0.1, 0.15) is 5.75 Å². The SMILES string of the molecule is NC1=C[C@]2(CN1)c1cc(-c3cccnc3)ccc1Oc1ncc(Br)cc12. The fraction of sp³-hybridized carbons (Fsp3) is 0.100. The Balaban J connectivity index is 1.76. The highest BCUT2D eigenvalue weighted by Crippen LogP contribution is 2.50. The van der Waals surface area contributed by atoms with Gasteiger partial charge in [0.2, 0.25) is 5.88 Å². The lowest BCUT2D eigenvalue weighted by Gasteiger charge is -2.35. The Hall–Kier alpha value is -2.86. The van der Waals surface area contributed by atoms with E-state index in [-0.39, 0.29) is 0 Å². The minimum Gasteiger partial charge on any atom is -0.438 e. The van der Waals surface area contributed by atoms with Crippen molar-refractivity contribution in [1.82, 2.24) is 15.3 Å². The molecule has 0 saturated heterocycles. The lowest BCUT2D eigenvalue weighted by atomic mass is 9.73. The first-order chi connectivity index (χ1) is 12.7. The molecule has 2 aliphatic rings. The molecule has 1 aromatic carbocycles. The summed E-state index contributed by atoms with van der Waals surface area (Å²) in [6, 6.07) is 12.2. The van der Waals surface area contributed by atoms with Crippen molar-refractivity contribution in [3.63, 3.8) is 0 Å². The van der Waals surface area contributed by atoms with Crippen LogP contribution in [0.25, 0.3) is 11.1 Å². The van der Waals surface area contributed by atoms with Crippen molar-refractivity contribution in [2.45, 2.75) is 5.41 Å². The maximum absolute atomic E-state index is 6.11. The van der Waals surface area contributed by atoms with Gasteiger partial charge in [-0.05, 0) is 51.8 Å². The van der Waals surface area contributed by atoms with Crippen molar-refractivity contribution in [1.29, 1.82) is 0 Å². The van der Waals surface area contributed by atoms with Crippen LogP contribution in [0, 0.1) is 0 Å². The van der Waals surface area contributed by atoms with Crippen LogP contribution in [-0.4, -0.2) is 16.5 Å².